The third kappa shape index (κ3) is 6.36. The molecule has 2 aliphatic rings. The second-order valence-electron chi connectivity index (χ2n) is 12.9. The zero-order chi connectivity index (χ0) is 32.5. The Labute approximate surface area is 275 Å². The van der Waals surface area contributed by atoms with Crippen molar-refractivity contribution in [3.05, 3.63) is 113 Å². The summed E-state index contributed by atoms with van der Waals surface area (Å²) in [5.74, 6) is -0.768. The SMILES string of the molecule is Cc1n[nH]c(C)c1-c1ccc(NC(=O)[C@@H](NC(=O)c2ccnn2C)[C@@H]2CCc3ccc(-c4ccc(CN5CCCC5)cc4)cc32)cc1. The number of aryl methyl sites for hydroxylation is 4. The Bertz CT molecular complexity index is 1880. The zero-order valence-electron chi connectivity index (χ0n) is 27.2. The number of hydrogen-bond donors (Lipinski definition) is 3. The Morgan fingerprint density at radius 3 is 2.34 bits per heavy atom. The van der Waals surface area contributed by atoms with E-state index in [1.807, 2.05) is 38.1 Å². The molecule has 0 bridgehead atoms. The smallest absolute Gasteiger partial charge is 0.270 e. The zero-order valence-corrected chi connectivity index (χ0v) is 27.2. The van der Waals surface area contributed by atoms with Gasteiger partial charge in [-0.05, 0) is 104 Å². The quantitative estimate of drug-likeness (QED) is 0.182. The summed E-state index contributed by atoms with van der Waals surface area (Å²) >= 11 is 0. The van der Waals surface area contributed by atoms with Crippen LogP contribution in [0.5, 0.6) is 0 Å². The number of aromatic nitrogens is 4. The van der Waals surface area contributed by atoms with Gasteiger partial charge in [0.25, 0.3) is 5.91 Å². The van der Waals surface area contributed by atoms with Gasteiger partial charge in [0, 0.05) is 42.7 Å². The molecule has 3 N–H and O–H groups in total. The van der Waals surface area contributed by atoms with Crippen molar-refractivity contribution in [3.8, 4) is 22.3 Å². The second-order valence-corrected chi connectivity index (χ2v) is 12.9. The molecule has 0 saturated carbocycles. The van der Waals surface area contributed by atoms with Crippen LogP contribution in [0.1, 0.15) is 63.7 Å². The first-order chi connectivity index (χ1) is 22.8. The fourth-order valence-electron chi connectivity index (χ4n) is 7.24. The van der Waals surface area contributed by atoms with Crippen LogP contribution in [0.2, 0.25) is 0 Å². The monoisotopic (exact) mass is 627 g/mol. The van der Waals surface area contributed by atoms with E-state index in [-0.39, 0.29) is 17.7 Å². The maximum atomic E-state index is 14.1. The topological polar surface area (TPSA) is 108 Å². The lowest BCUT2D eigenvalue weighted by molar-refractivity contribution is -0.118. The molecule has 0 spiro atoms. The Hall–Kier alpha value is -5.02. The number of carbonyl (C=O) groups is 2. The van der Waals surface area contributed by atoms with Crippen LogP contribution in [0.25, 0.3) is 22.3 Å². The predicted octanol–water partition coefficient (Wildman–Crippen LogP) is 6.16. The molecular weight excluding hydrogens is 586 g/mol. The van der Waals surface area contributed by atoms with Crippen molar-refractivity contribution in [1.29, 1.82) is 0 Å². The minimum Gasteiger partial charge on any atom is -0.338 e. The van der Waals surface area contributed by atoms with Crippen molar-refractivity contribution in [1.82, 2.24) is 30.2 Å². The maximum absolute atomic E-state index is 14.1. The highest BCUT2D eigenvalue weighted by Gasteiger charge is 2.36. The summed E-state index contributed by atoms with van der Waals surface area (Å²) in [4.78, 5) is 30.1. The Morgan fingerprint density at radius 2 is 1.66 bits per heavy atom. The molecule has 9 heteroatoms. The summed E-state index contributed by atoms with van der Waals surface area (Å²) in [6.45, 7) is 7.31. The summed E-state index contributed by atoms with van der Waals surface area (Å²) in [5, 5.41) is 17.7. The minimum atomic E-state index is -0.783. The van der Waals surface area contributed by atoms with Crippen molar-refractivity contribution in [2.75, 3.05) is 18.4 Å². The van der Waals surface area contributed by atoms with Gasteiger partial charge in [0.1, 0.15) is 11.7 Å². The Morgan fingerprint density at radius 1 is 0.936 bits per heavy atom. The molecule has 7 rings (SSSR count). The molecule has 5 aromatic rings. The molecule has 9 nitrogen and oxygen atoms in total. The lowest BCUT2D eigenvalue weighted by atomic mass is 9.90. The van der Waals surface area contributed by atoms with Gasteiger partial charge in [-0.2, -0.15) is 10.2 Å². The Kier molecular flexibility index (Phi) is 8.47. The number of rotatable bonds is 9. The molecule has 2 amide bonds. The summed E-state index contributed by atoms with van der Waals surface area (Å²) < 4.78 is 1.52. The fourth-order valence-corrected chi connectivity index (χ4v) is 7.24. The number of carbonyl (C=O) groups excluding carboxylic acids is 2. The molecule has 240 valence electrons. The van der Waals surface area contributed by atoms with Gasteiger partial charge in [0.05, 0.1) is 5.69 Å². The number of H-pyrrole nitrogens is 1. The van der Waals surface area contributed by atoms with Gasteiger partial charge in [-0.1, -0.05) is 54.6 Å². The Balaban J connectivity index is 1.15. The van der Waals surface area contributed by atoms with E-state index in [1.54, 1.807) is 19.3 Å². The number of amides is 2. The summed E-state index contributed by atoms with van der Waals surface area (Å²) in [5.41, 5.74) is 11.0. The van der Waals surface area contributed by atoms with E-state index in [4.69, 9.17) is 0 Å². The van der Waals surface area contributed by atoms with Crippen molar-refractivity contribution >= 4 is 17.5 Å². The van der Waals surface area contributed by atoms with Crippen LogP contribution >= 0.6 is 0 Å². The maximum Gasteiger partial charge on any atom is 0.270 e. The first kappa shape index (κ1) is 30.6. The average Bonchev–Trinajstić information content (AvgIpc) is 3.89. The molecule has 47 heavy (non-hydrogen) atoms. The number of hydrogen-bond acceptors (Lipinski definition) is 5. The van der Waals surface area contributed by atoms with Crippen LogP contribution in [-0.4, -0.2) is 55.8 Å². The van der Waals surface area contributed by atoms with Gasteiger partial charge >= 0.3 is 0 Å². The van der Waals surface area contributed by atoms with E-state index in [0.29, 0.717) is 11.4 Å². The van der Waals surface area contributed by atoms with E-state index >= 15 is 0 Å². The number of fused-ring (bicyclic) bond motifs is 1. The van der Waals surface area contributed by atoms with E-state index in [0.717, 1.165) is 58.6 Å². The molecular formula is C38H41N7O2. The minimum absolute atomic E-state index is 0.188. The lowest BCUT2D eigenvalue weighted by Gasteiger charge is -2.25. The highest BCUT2D eigenvalue weighted by atomic mass is 16.2. The van der Waals surface area contributed by atoms with Gasteiger partial charge in [-0.3, -0.25) is 24.3 Å². The molecule has 1 saturated heterocycles. The van der Waals surface area contributed by atoms with Crippen LogP contribution in [0.15, 0.2) is 79.0 Å². The summed E-state index contributed by atoms with van der Waals surface area (Å²) in [6, 6.07) is 24.0. The van der Waals surface area contributed by atoms with Gasteiger partial charge in [0.2, 0.25) is 5.91 Å². The lowest BCUT2D eigenvalue weighted by Crippen LogP contribution is -2.47. The van der Waals surface area contributed by atoms with Gasteiger partial charge in [-0.15, -0.1) is 0 Å². The molecule has 0 unspecified atom stereocenters. The third-order valence-electron chi connectivity index (χ3n) is 9.76. The largest absolute Gasteiger partial charge is 0.338 e. The van der Waals surface area contributed by atoms with Crippen molar-refractivity contribution in [2.24, 2.45) is 7.05 Å². The number of likely N-dealkylation sites (tertiary alicyclic amines) is 1. The van der Waals surface area contributed by atoms with Gasteiger partial charge in [0.15, 0.2) is 0 Å². The van der Waals surface area contributed by atoms with Crippen LogP contribution in [0.4, 0.5) is 5.69 Å². The highest BCUT2D eigenvalue weighted by Crippen LogP contribution is 2.39. The molecule has 1 aliphatic carbocycles. The molecule has 1 fully saturated rings. The van der Waals surface area contributed by atoms with Crippen LogP contribution in [0, 0.1) is 13.8 Å². The summed E-state index contributed by atoms with van der Waals surface area (Å²) in [6.07, 6.45) is 5.76. The van der Waals surface area contributed by atoms with Gasteiger partial charge < -0.3 is 10.6 Å². The predicted molar refractivity (Wildman–Crippen MR) is 184 cm³/mol. The van der Waals surface area contributed by atoms with Crippen molar-refractivity contribution in [3.63, 3.8) is 0 Å². The fraction of sp³-hybridized carbons (Fsp3) is 0.316. The van der Waals surface area contributed by atoms with Crippen LogP contribution in [-0.2, 0) is 24.8 Å². The van der Waals surface area contributed by atoms with Crippen LogP contribution in [0.3, 0.4) is 0 Å². The molecule has 2 aromatic heterocycles. The normalized spacial score (nSPS) is 16.6. The molecule has 1 aliphatic heterocycles. The standard InChI is InChI=1S/C38H41N7O2/c1-24-35(25(2)43-42-24)29-12-15-31(16-13-29)40-38(47)36(41-37(46)34-18-19-39-44(34)3)32-17-14-28-10-11-30(22-33(28)32)27-8-6-26(7-9-27)23-45-20-4-5-21-45/h6-13,15-16,18-19,22,32,36H,4-5,14,17,20-21,23H2,1-3H3,(H,40,47)(H,41,46)(H,42,43)/t32-,36+/m1/s1. The number of nitrogens with one attached hydrogen (secondary N) is 3. The van der Waals surface area contributed by atoms with E-state index < -0.39 is 6.04 Å². The number of nitrogens with zero attached hydrogens (tertiary/aromatic N) is 4. The second kappa shape index (κ2) is 13.0. The summed E-state index contributed by atoms with van der Waals surface area (Å²) in [7, 11) is 1.72. The number of aromatic amines is 1. The average molecular weight is 628 g/mol. The first-order valence-corrected chi connectivity index (χ1v) is 16.5. The molecule has 3 heterocycles. The number of anilines is 1. The number of benzene rings is 3. The van der Waals surface area contributed by atoms with E-state index in [9.17, 15) is 9.59 Å². The third-order valence-corrected chi connectivity index (χ3v) is 9.76. The highest BCUT2D eigenvalue weighted by molar-refractivity contribution is 6.01. The van der Waals surface area contributed by atoms with Crippen LogP contribution < -0.4 is 10.6 Å². The molecule has 3 aromatic carbocycles. The van der Waals surface area contributed by atoms with E-state index in [1.165, 1.54) is 41.7 Å². The molecule has 0 radical (unpaired) electrons. The van der Waals surface area contributed by atoms with Gasteiger partial charge in [-0.25, -0.2) is 0 Å². The molecule has 2 atom stereocenters. The van der Waals surface area contributed by atoms with E-state index in [2.05, 4.69) is 73.3 Å². The van der Waals surface area contributed by atoms with Crippen molar-refractivity contribution in [2.45, 2.75) is 58.0 Å². The first-order valence-electron chi connectivity index (χ1n) is 16.5. The van der Waals surface area contributed by atoms with Crippen molar-refractivity contribution < 1.29 is 9.59 Å².